The van der Waals surface area contributed by atoms with Crippen molar-refractivity contribution in [2.75, 3.05) is 26.7 Å². The van der Waals surface area contributed by atoms with E-state index in [9.17, 15) is 4.79 Å². The quantitative estimate of drug-likeness (QED) is 0.741. The van der Waals surface area contributed by atoms with Gasteiger partial charge < -0.3 is 15.5 Å². The number of piperidine rings is 2. The van der Waals surface area contributed by atoms with E-state index in [0.29, 0.717) is 12.1 Å². The summed E-state index contributed by atoms with van der Waals surface area (Å²) in [4.78, 5) is 14.5. The summed E-state index contributed by atoms with van der Waals surface area (Å²) in [6, 6.07) is 0.977. The first-order chi connectivity index (χ1) is 8.16. The van der Waals surface area contributed by atoms with E-state index >= 15 is 0 Å². The molecule has 17 heavy (non-hydrogen) atoms. The lowest BCUT2D eigenvalue weighted by Crippen LogP contribution is -2.49. The molecule has 0 aliphatic carbocycles. The molecular weight excluding hydrogens is 214 g/mol. The zero-order valence-electron chi connectivity index (χ0n) is 11.0. The Hall–Kier alpha value is -0.610. The van der Waals surface area contributed by atoms with Crippen molar-refractivity contribution in [2.24, 2.45) is 5.92 Å². The van der Waals surface area contributed by atoms with E-state index in [2.05, 4.69) is 29.5 Å². The minimum atomic E-state index is 0.242. The average Bonchev–Trinajstić information content (AvgIpc) is 2.35. The van der Waals surface area contributed by atoms with Crippen molar-refractivity contribution in [3.8, 4) is 0 Å². The van der Waals surface area contributed by atoms with Crippen LogP contribution < -0.4 is 10.6 Å². The normalized spacial score (nSPS) is 32.4. The molecule has 2 heterocycles. The summed E-state index contributed by atoms with van der Waals surface area (Å²) in [7, 11) is 2.16. The molecule has 0 aromatic rings. The maximum Gasteiger partial charge on any atom is 0.223 e. The summed E-state index contributed by atoms with van der Waals surface area (Å²) >= 11 is 0. The molecule has 0 aromatic carbocycles. The van der Waals surface area contributed by atoms with Crippen LogP contribution in [0.2, 0.25) is 0 Å². The van der Waals surface area contributed by atoms with Gasteiger partial charge >= 0.3 is 0 Å². The molecule has 2 fully saturated rings. The van der Waals surface area contributed by atoms with Crippen LogP contribution in [-0.2, 0) is 4.79 Å². The number of nitrogens with one attached hydrogen (secondary N) is 2. The molecule has 2 rings (SSSR count). The molecule has 0 spiro atoms. The molecule has 2 unspecified atom stereocenters. The molecule has 1 amide bonds. The third-order valence-electron chi connectivity index (χ3n) is 4.26. The summed E-state index contributed by atoms with van der Waals surface area (Å²) in [5.74, 6) is 0.527. The van der Waals surface area contributed by atoms with Crippen molar-refractivity contribution in [3.05, 3.63) is 0 Å². The van der Waals surface area contributed by atoms with Crippen molar-refractivity contribution in [1.82, 2.24) is 15.5 Å². The van der Waals surface area contributed by atoms with Crippen LogP contribution >= 0.6 is 0 Å². The average molecular weight is 239 g/mol. The predicted octanol–water partition coefficient (Wildman–Crippen LogP) is 0.585. The van der Waals surface area contributed by atoms with E-state index in [0.717, 1.165) is 45.3 Å². The smallest absolute Gasteiger partial charge is 0.223 e. The number of hydrogen-bond donors (Lipinski definition) is 2. The number of carbonyl (C=O) groups excluding carboxylic acids is 1. The molecule has 2 atom stereocenters. The topological polar surface area (TPSA) is 44.4 Å². The fraction of sp³-hybridized carbons (Fsp3) is 0.923. The third-order valence-corrected chi connectivity index (χ3v) is 4.26. The Morgan fingerprint density at radius 2 is 2.00 bits per heavy atom. The number of carbonyl (C=O) groups is 1. The fourth-order valence-electron chi connectivity index (χ4n) is 2.82. The molecule has 0 radical (unpaired) electrons. The number of rotatable bonds is 2. The third kappa shape index (κ3) is 3.42. The monoisotopic (exact) mass is 239 g/mol. The van der Waals surface area contributed by atoms with Gasteiger partial charge in [-0.3, -0.25) is 4.79 Å². The van der Waals surface area contributed by atoms with Gasteiger partial charge in [0.2, 0.25) is 5.91 Å². The second kappa shape index (κ2) is 5.83. The van der Waals surface area contributed by atoms with Crippen LogP contribution in [0.3, 0.4) is 0 Å². The van der Waals surface area contributed by atoms with E-state index in [1.54, 1.807) is 0 Å². The first-order valence-corrected chi connectivity index (χ1v) is 6.88. The second-order valence-corrected chi connectivity index (χ2v) is 5.58. The minimum absolute atomic E-state index is 0.242. The lowest BCUT2D eigenvalue weighted by atomic mass is 9.94. The maximum atomic E-state index is 12.1. The van der Waals surface area contributed by atoms with Gasteiger partial charge in [-0.2, -0.15) is 0 Å². The van der Waals surface area contributed by atoms with Crippen LogP contribution in [0.1, 0.15) is 32.6 Å². The van der Waals surface area contributed by atoms with E-state index in [1.807, 2.05) is 0 Å². The maximum absolute atomic E-state index is 12.1. The van der Waals surface area contributed by atoms with Crippen LogP contribution in [0, 0.1) is 5.92 Å². The van der Waals surface area contributed by atoms with E-state index in [1.165, 1.54) is 0 Å². The molecule has 0 saturated carbocycles. The molecule has 98 valence electrons. The van der Waals surface area contributed by atoms with Gasteiger partial charge in [0.1, 0.15) is 0 Å². The van der Waals surface area contributed by atoms with Crippen molar-refractivity contribution in [2.45, 2.75) is 44.7 Å². The molecule has 4 heteroatoms. The molecule has 4 nitrogen and oxygen atoms in total. The lowest BCUT2D eigenvalue weighted by Gasteiger charge is -2.36. The highest BCUT2D eigenvalue weighted by molar-refractivity contribution is 5.79. The minimum Gasteiger partial charge on any atom is -0.353 e. The first-order valence-electron chi connectivity index (χ1n) is 6.88. The standard InChI is InChI=1S/C13H25N3O/c1-10-9-12(5-8-16(10)2)15-13(17)11-3-6-14-7-4-11/h10-12,14H,3-9H2,1-2H3,(H,15,17). The van der Waals surface area contributed by atoms with Crippen LogP contribution in [0.25, 0.3) is 0 Å². The Balaban J connectivity index is 1.78. The lowest BCUT2D eigenvalue weighted by molar-refractivity contribution is -0.126. The summed E-state index contributed by atoms with van der Waals surface area (Å²) in [6.07, 6.45) is 4.17. The molecular formula is C13H25N3O. The fourth-order valence-corrected chi connectivity index (χ4v) is 2.82. The SMILES string of the molecule is CC1CC(NC(=O)C2CCNCC2)CCN1C. The van der Waals surface area contributed by atoms with Crippen molar-refractivity contribution in [1.29, 1.82) is 0 Å². The number of amides is 1. The number of hydrogen-bond acceptors (Lipinski definition) is 3. The molecule has 2 N–H and O–H groups in total. The summed E-state index contributed by atoms with van der Waals surface area (Å²) in [5.41, 5.74) is 0. The Bertz CT molecular complexity index is 263. The summed E-state index contributed by atoms with van der Waals surface area (Å²) in [6.45, 7) is 5.31. The highest BCUT2D eigenvalue weighted by Crippen LogP contribution is 2.17. The van der Waals surface area contributed by atoms with Gasteiger partial charge in [-0.25, -0.2) is 0 Å². The second-order valence-electron chi connectivity index (χ2n) is 5.58. The number of nitrogens with zero attached hydrogens (tertiary/aromatic N) is 1. The Morgan fingerprint density at radius 1 is 1.29 bits per heavy atom. The molecule has 2 aliphatic heterocycles. The largest absolute Gasteiger partial charge is 0.353 e. The summed E-state index contributed by atoms with van der Waals surface area (Å²) < 4.78 is 0. The zero-order chi connectivity index (χ0) is 12.3. The zero-order valence-corrected chi connectivity index (χ0v) is 11.0. The van der Waals surface area contributed by atoms with Crippen LogP contribution in [-0.4, -0.2) is 49.6 Å². The van der Waals surface area contributed by atoms with E-state index < -0.39 is 0 Å². The van der Waals surface area contributed by atoms with Gasteiger partial charge in [-0.1, -0.05) is 0 Å². The van der Waals surface area contributed by atoms with Crippen molar-refractivity contribution >= 4 is 5.91 Å². The first kappa shape index (κ1) is 12.8. The highest BCUT2D eigenvalue weighted by Gasteiger charge is 2.27. The van der Waals surface area contributed by atoms with E-state index in [4.69, 9.17) is 0 Å². The van der Waals surface area contributed by atoms with Crippen LogP contribution in [0.4, 0.5) is 0 Å². The molecule has 2 aliphatic rings. The summed E-state index contributed by atoms with van der Waals surface area (Å²) in [5, 5.41) is 6.55. The van der Waals surface area contributed by atoms with Crippen molar-refractivity contribution in [3.63, 3.8) is 0 Å². The van der Waals surface area contributed by atoms with Gasteiger partial charge in [0, 0.05) is 24.5 Å². The van der Waals surface area contributed by atoms with Crippen molar-refractivity contribution < 1.29 is 4.79 Å². The van der Waals surface area contributed by atoms with Gasteiger partial charge in [0.25, 0.3) is 0 Å². The van der Waals surface area contributed by atoms with E-state index in [-0.39, 0.29) is 11.8 Å². The van der Waals surface area contributed by atoms with Gasteiger partial charge in [-0.05, 0) is 52.7 Å². The van der Waals surface area contributed by atoms with Crippen LogP contribution in [0.15, 0.2) is 0 Å². The number of likely N-dealkylation sites (tertiary alicyclic amines) is 1. The van der Waals surface area contributed by atoms with Gasteiger partial charge in [0.15, 0.2) is 0 Å². The molecule has 0 aromatic heterocycles. The predicted molar refractivity (Wildman–Crippen MR) is 68.9 cm³/mol. The highest BCUT2D eigenvalue weighted by atomic mass is 16.1. The van der Waals surface area contributed by atoms with Crippen LogP contribution in [0.5, 0.6) is 0 Å². The Kier molecular flexibility index (Phi) is 4.40. The molecule has 2 saturated heterocycles. The Labute approximate surface area is 104 Å². The molecule has 0 bridgehead atoms. The van der Waals surface area contributed by atoms with Gasteiger partial charge in [0.05, 0.1) is 0 Å². The van der Waals surface area contributed by atoms with Gasteiger partial charge in [-0.15, -0.1) is 0 Å². The Morgan fingerprint density at radius 3 is 2.65 bits per heavy atom.